The molecule has 10 atom stereocenters. The number of aromatic nitrogens is 8. The van der Waals surface area contributed by atoms with Gasteiger partial charge in [-0.2, -0.15) is 4.98 Å². The largest absolute Gasteiger partial charge is 0.756 e. The lowest BCUT2D eigenvalue weighted by molar-refractivity contribution is -0.244. The highest BCUT2D eigenvalue weighted by atomic mass is 31.2. The van der Waals surface area contributed by atoms with Gasteiger partial charge in [0.15, 0.2) is 34.7 Å². The third-order valence-electron chi connectivity index (χ3n) is 7.25. The number of fused-ring (bicyclic) bond motifs is 4. The van der Waals surface area contributed by atoms with Gasteiger partial charge in [0.05, 0.1) is 25.9 Å². The fourth-order valence-electron chi connectivity index (χ4n) is 5.25. The number of nitrogen functional groups attached to an aromatic ring is 2. The predicted molar refractivity (Wildman–Crippen MR) is 151 cm³/mol. The standard InChI is InChI=1S/C20H24N10O13P2.2H3N/c21-14-7-15(24-3-23-7)27-16(26-14)13-9(31)11-5(40-13)1-38-45(36,37)43-12-6(2-39-44(34,35)42-11)41-19(10(12)32)30-4-25-8-17(30)28-20(22)29-18(8)33;;/h3-6,9-13,19,31-32H,1-2H2,(H,34,35)(H,36,37)(H3,22,28,29,33)(H3,21,23,24,26,27);2*1H3/t5-,6+,9-,10+,11-,12+,13-,19+;;/m1../s1. The van der Waals surface area contributed by atoms with E-state index in [0.717, 1.165) is 10.9 Å². The van der Waals surface area contributed by atoms with Crippen LogP contribution in [0.25, 0.3) is 22.3 Å². The minimum absolute atomic E-state index is 0. The van der Waals surface area contributed by atoms with Crippen molar-refractivity contribution in [3.8, 4) is 0 Å². The van der Waals surface area contributed by atoms with Crippen LogP contribution in [0.15, 0.2) is 17.4 Å². The summed E-state index contributed by atoms with van der Waals surface area (Å²) in [5.41, 5.74) is 10.9. The van der Waals surface area contributed by atoms with Crippen LogP contribution in [0.4, 0.5) is 11.8 Å². The van der Waals surface area contributed by atoms with Crippen molar-refractivity contribution < 1.29 is 56.7 Å². The highest BCUT2D eigenvalue weighted by molar-refractivity contribution is 7.46. The number of rotatable bonds is 2. The molecule has 7 rings (SSSR count). The second-order valence-corrected chi connectivity index (χ2v) is 12.8. The Balaban J connectivity index is 0.00000217. The molecule has 16 N–H and O–H groups in total. The van der Waals surface area contributed by atoms with Gasteiger partial charge in [0.25, 0.3) is 21.2 Å². The third-order valence-corrected chi connectivity index (χ3v) is 9.18. The zero-order valence-corrected chi connectivity index (χ0v) is 26.1. The number of aliphatic hydroxyl groups excluding tert-OH is 2. The van der Waals surface area contributed by atoms with Gasteiger partial charge in [-0.3, -0.25) is 23.5 Å². The first-order valence-corrected chi connectivity index (χ1v) is 15.9. The molecule has 47 heavy (non-hydrogen) atoms. The molecule has 2 unspecified atom stereocenters. The summed E-state index contributed by atoms with van der Waals surface area (Å²) in [7, 11) is -10.7. The lowest BCUT2D eigenvalue weighted by atomic mass is 10.1. The average Bonchev–Trinajstić information content (AvgIpc) is 3.73. The van der Waals surface area contributed by atoms with Gasteiger partial charge < -0.3 is 76.3 Å². The second kappa shape index (κ2) is 12.5. The van der Waals surface area contributed by atoms with Crippen molar-refractivity contribution in [2.75, 3.05) is 24.7 Å². The molecule has 7 heterocycles. The Morgan fingerprint density at radius 2 is 1.57 bits per heavy atom. The van der Waals surface area contributed by atoms with E-state index < -0.39 is 83.4 Å². The number of anilines is 2. The predicted octanol–water partition coefficient (Wildman–Crippen LogP) is -2.78. The number of H-pyrrole nitrogens is 2. The Bertz CT molecular complexity index is 1940. The number of nitrogens with two attached hydrogens (primary N) is 2. The van der Waals surface area contributed by atoms with E-state index in [4.69, 9.17) is 39.0 Å². The Labute approximate surface area is 261 Å². The van der Waals surface area contributed by atoms with Crippen molar-refractivity contribution in [1.29, 1.82) is 0 Å². The van der Waals surface area contributed by atoms with E-state index in [1.54, 1.807) is 0 Å². The van der Waals surface area contributed by atoms with Gasteiger partial charge in [-0.25, -0.2) is 19.9 Å². The fraction of sp³-hybridized carbons (Fsp3) is 0.500. The maximum atomic E-state index is 12.9. The summed E-state index contributed by atoms with van der Waals surface area (Å²) in [6.45, 7) is -1.86. The van der Waals surface area contributed by atoms with Crippen LogP contribution in [0.1, 0.15) is 18.2 Å². The third kappa shape index (κ3) is 6.26. The van der Waals surface area contributed by atoms with Gasteiger partial charge in [0.2, 0.25) is 5.95 Å². The van der Waals surface area contributed by atoms with E-state index in [9.17, 15) is 33.9 Å². The molecule has 4 aromatic rings. The van der Waals surface area contributed by atoms with Crippen LogP contribution >= 0.6 is 15.6 Å². The Morgan fingerprint density at radius 1 is 0.936 bits per heavy atom. The molecule has 3 saturated heterocycles. The summed E-state index contributed by atoms with van der Waals surface area (Å²) in [6, 6.07) is 0. The summed E-state index contributed by atoms with van der Waals surface area (Å²) in [4.78, 5) is 63.1. The van der Waals surface area contributed by atoms with Crippen molar-refractivity contribution in [2.45, 2.75) is 49.0 Å². The van der Waals surface area contributed by atoms with Gasteiger partial charge in [0, 0.05) is 0 Å². The monoisotopic (exact) mass is 708 g/mol. The quantitative estimate of drug-likeness (QED) is 0.0975. The first kappa shape index (κ1) is 34.8. The molecular formula is C20H30N12O13P2. The molecule has 258 valence electrons. The van der Waals surface area contributed by atoms with E-state index in [-0.39, 0.29) is 46.7 Å². The van der Waals surface area contributed by atoms with E-state index >= 15 is 0 Å². The number of aromatic amines is 2. The SMILES string of the molecule is Nc1nc2c(ncn2[C@H]2O[C@H]3COP(=O)([O-])O[C@H]4[C@@H](O)[C@H](c5nc(N)c6[nH]cnc6n5)O[C@@H]4COP(=O)([O-])O[C@@H]3[C@@H]2O)c(=O)[nH]1.[NH4+].[NH4+]. The Morgan fingerprint density at radius 3 is 2.26 bits per heavy atom. The van der Waals surface area contributed by atoms with Gasteiger partial charge in [-0.1, -0.05) is 0 Å². The van der Waals surface area contributed by atoms with E-state index in [0.29, 0.717) is 5.52 Å². The minimum atomic E-state index is -5.33. The number of aliphatic hydroxyl groups is 2. The molecule has 0 spiro atoms. The maximum Gasteiger partial charge on any atom is 0.280 e. The smallest absolute Gasteiger partial charge is 0.280 e. The zero-order chi connectivity index (χ0) is 31.8. The molecule has 0 aromatic carbocycles. The lowest BCUT2D eigenvalue weighted by Crippen LogP contribution is -2.40. The van der Waals surface area contributed by atoms with E-state index in [1.807, 2.05) is 0 Å². The van der Waals surface area contributed by atoms with Crippen LogP contribution < -0.4 is 39.1 Å². The zero-order valence-electron chi connectivity index (χ0n) is 24.3. The van der Waals surface area contributed by atoms with Crippen molar-refractivity contribution >= 4 is 49.7 Å². The number of hydrogen-bond acceptors (Lipinski definition) is 20. The number of ether oxygens (including phenoxy) is 2. The molecule has 3 aliphatic heterocycles. The van der Waals surface area contributed by atoms with Crippen LogP contribution in [0, 0.1) is 0 Å². The lowest BCUT2D eigenvalue weighted by Gasteiger charge is -2.34. The van der Waals surface area contributed by atoms with Crippen LogP contribution in [0.2, 0.25) is 0 Å². The molecule has 4 aromatic heterocycles. The van der Waals surface area contributed by atoms with Crippen molar-refractivity contribution in [3.63, 3.8) is 0 Å². The molecule has 0 aliphatic carbocycles. The molecule has 0 bridgehead atoms. The van der Waals surface area contributed by atoms with Gasteiger partial charge in [-0.05, 0) is 0 Å². The van der Waals surface area contributed by atoms with Crippen molar-refractivity contribution in [1.82, 2.24) is 51.8 Å². The van der Waals surface area contributed by atoms with Crippen molar-refractivity contribution in [2.24, 2.45) is 0 Å². The first-order chi connectivity index (χ1) is 21.3. The summed E-state index contributed by atoms with van der Waals surface area (Å²) < 4.78 is 58.5. The van der Waals surface area contributed by atoms with E-state index in [1.165, 1.54) is 6.33 Å². The summed E-state index contributed by atoms with van der Waals surface area (Å²) in [6.07, 6.45) is -10.9. The highest BCUT2D eigenvalue weighted by Gasteiger charge is 2.52. The van der Waals surface area contributed by atoms with Crippen LogP contribution in [0.3, 0.4) is 0 Å². The molecule has 0 amide bonds. The van der Waals surface area contributed by atoms with Gasteiger partial charge >= 0.3 is 0 Å². The van der Waals surface area contributed by atoms with Crippen molar-refractivity contribution in [3.05, 3.63) is 28.8 Å². The fourth-order valence-corrected chi connectivity index (χ4v) is 7.15. The molecule has 0 radical (unpaired) electrons. The molecule has 3 aliphatic rings. The van der Waals surface area contributed by atoms with Gasteiger partial charge in [0.1, 0.15) is 48.2 Å². The average molecular weight is 708 g/mol. The molecule has 0 saturated carbocycles. The molecule has 3 fully saturated rings. The normalized spacial score (nSPS) is 36.1. The molecule has 25 nitrogen and oxygen atoms in total. The summed E-state index contributed by atoms with van der Waals surface area (Å²) >= 11 is 0. The van der Waals surface area contributed by atoms with Crippen LogP contribution in [-0.2, 0) is 36.7 Å². The highest BCUT2D eigenvalue weighted by Crippen LogP contribution is 2.51. The summed E-state index contributed by atoms with van der Waals surface area (Å²) in [5, 5.41) is 22.1. The van der Waals surface area contributed by atoms with Gasteiger partial charge in [-0.15, -0.1) is 0 Å². The number of imidazole rings is 2. The number of quaternary nitrogens is 2. The second-order valence-electron chi connectivity index (χ2n) is 10.1. The number of nitrogens with zero attached hydrogens (tertiary/aromatic N) is 6. The van der Waals surface area contributed by atoms with Crippen LogP contribution in [-0.4, -0.2) is 99.5 Å². The number of nitrogens with one attached hydrogen (secondary N) is 2. The van der Waals surface area contributed by atoms with E-state index in [2.05, 4.69) is 34.9 Å². The minimum Gasteiger partial charge on any atom is -0.756 e. The number of hydrogen-bond donors (Lipinski definition) is 8. The maximum absolute atomic E-state index is 12.9. The van der Waals surface area contributed by atoms with Crippen LogP contribution in [0.5, 0.6) is 0 Å². The first-order valence-electron chi connectivity index (χ1n) is 12.9. The molecular weight excluding hydrogens is 678 g/mol. The Hall–Kier alpha value is -3.52. The topological polar surface area (TPSA) is 419 Å². The number of phosphoric ester groups is 2. The molecule has 27 heteroatoms. The Kier molecular flexibility index (Phi) is 9.25. The summed E-state index contributed by atoms with van der Waals surface area (Å²) in [5.74, 6) is -0.547. The number of phosphoric acid groups is 2.